The molecule has 0 aromatic rings. The Labute approximate surface area is 380 Å². The van der Waals surface area contributed by atoms with Crippen molar-refractivity contribution in [3.63, 3.8) is 0 Å². The topological polar surface area (TPSA) is 78.9 Å². The Morgan fingerprint density at radius 1 is 0.339 bits per heavy atom. The number of ether oxygens (including phenoxy) is 3. The molecule has 348 valence electrons. The highest BCUT2D eigenvalue weighted by Crippen LogP contribution is 2.11. The van der Waals surface area contributed by atoms with Gasteiger partial charge in [-0.05, 0) is 116 Å². The molecule has 0 aliphatic heterocycles. The van der Waals surface area contributed by atoms with Crippen molar-refractivity contribution in [2.75, 3.05) is 13.2 Å². The van der Waals surface area contributed by atoms with E-state index in [0.717, 1.165) is 128 Å². The van der Waals surface area contributed by atoms with E-state index >= 15 is 0 Å². The molecule has 0 aromatic heterocycles. The Kier molecular flexibility index (Phi) is 46.1. The van der Waals surface area contributed by atoms with Crippen molar-refractivity contribution < 1.29 is 28.6 Å². The zero-order chi connectivity index (χ0) is 45.1. The summed E-state index contributed by atoms with van der Waals surface area (Å²) in [6, 6.07) is 0. The van der Waals surface area contributed by atoms with Crippen molar-refractivity contribution >= 4 is 17.9 Å². The number of unbranched alkanes of at least 4 members (excludes halogenated alkanes) is 11. The summed E-state index contributed by atoms with van der Waals surface area (Å²) < 4.78 is 16.7. The maximum Gasteiger partial charge on any atom is 0.306 e. The number of rotatable bonds is 42. The smallest absolute Gasteiger partial charge is 0.306 e. The van der Waals surface area contributed by atoms with Crippen LogP contribution in [0.4, 0.5) is 0 Å². The maximum atomic E-state index is 12.8. The van der Waals surface area contributed by atoms with Crippen LogP contribution in [0.1, 0.15) is 194 Å². The molecule has 0 saturated heterocycles. The van der Waals surface area contributed by atoms with Gasteiger partial charge in [0.15, 0.2) is 6.10 Å². The minimum atomic E-state index is -0.823. The van der Waals surface area contributed by atoms with Crippen molar-refractivity contribution in [3.05, 3.63) is 122 Å². The highest BCUT2D eigenvalue weighted by molar-refractivity contribution is 5.71. The minimum absolute atomic E-state index is 0.121. The van der Waals surface area contributed by atoms with Crippen LogP contribution in [0.2, 0.25) is 0 Å². The zero-order valence-electron chi connectivity index (χ0n) is 39.6. The van der Waals surface area contributed by atoms with E-state index < -0.39 is 6.10 Å². The van der Waals surface area contributed by atoms with Gasteiger partial charge in [0.05, 0.1) is 0 Å². The van der Waals surface area contributed by atoms with E-state index in [2.05, 4.69) is 142 Å². The fourth-order valence-corrected chi connectivity index (χ4v) is 6.04. The molecule has 1 atom stereocenters. The van der Waals surface area contributed by atoms with Crippen molar-refractivity contribution in [2.45, 2.75) is 200 Å². The molecule has 62 heavy (non-hydrogen) atoms. The second-order valence-corrected chi connectivity index (χ2v) is 15.6. The number of carbonyl (C=O) groups excluding carboxylic acids is 3. The molecule has 0 spiro atoms. The summed E-state index contributed by atoms with van der Waals surface area (Å²) in [5.41, 5.74) is 0. The van der Waals surface area contributed by atoms with Gasteiger partial charge < -0.3 is 14.2 Å². The van der Waals surface area contributed by atoms with E-state index in [1.54, 1.807) is 0 Å². The Morgan fingerprint density at radius 2 is 0.645 bits per heavy atom. The molecule has 0 radical (unpaired) electrons. The van der Waals surface area contributed by atoms with Gasteiger partial charge in [-0.1, -0.05) is 181 Å². The number of carbonyl (C=O) groups is 3. The largest absolute Gasteiger partial charge is 0.462 e. The number of hydrogen-bond acceptors (Lipinski definition) is 6. The lowest BCUT2D eigenvalue weighted by Gasteiger charge is -2.18. The van der Waals surface area contributed by atoms with E-state index in [-0.39, 0.29) is 44.0 Å². The SMILES string of the molecule is CC/C=C\C/C=C\C/C=C\C/C=C\C/C=C\CCCC(=O)OCC(COC(=O)CCCCC/C=C\C/C=C\C/C=C\CC)OC(=O)CCCCCCC/C=C\C/C=C\CCCC. The lowest BCUT2D eigenvalue weighted by molar-refractivity contribution is -0.167. The summed E-state index contributed by atoms with van der Waals surface area (Å²) in [7, 11) is 0. The van der Waals surface area contributed by atoms with E-state index in [0.29, 0.717) is 12.8 Å². The van der Waals surface area contributed by atoms with Crippen LogP contribution in [0.15, 0.2) is 122 Å². The molecule has 0 saturated carbocycles. The van der Waals surface area contributed by atoms with Crippen LogP contribution in [-0.4, -0.2) is 37.2 Å². The predicted molar refractivity (Wildman–Crippen MR) is 265 cm³/mol. The Morgan fingerprint density at radius 3 is 1.06 bits per heavy atom. The van der Waals surface area contributed by atoms with Crippen LogP contribution in [0, 0.1) is 0 Å². The minimum Gasteiger partial charge on any atom is -0.462 e. The Bertz CT molecular complexity index is 1350. The fraction of sp³-hybridized carbons (Fsp3) is 0.589. The second kappa shape index (κ2) is 49.5. The number of esters is 3. The standard InChI is InChI=1S/C56H88O6/c1-4-7-10-13-16-19-22-25-27-28-29-32-34-37-40-43-46-49-55(58)61-52-53(51-60-54(57)48-45-42-39-36-33-30-24-21-18-15-12-9-6-3)62-56(59)50-47-44-41-38-35-31-26-23-20-17-14-11-8-5-2/h7,9-10,12,14,16-19,21,23,25-27,29-30,32-33,37,40,53H,4-6,8,11,13,15,20,22,24,28,31,34-36,38-39,41-52H2,1-3H3/b10-7-,12-9-,17-14-,19-16-,21-18-,26-23-,27-25-,32-29-,33-30-,40-37-. The summed E-state index contributed by atoms with van der Waals surface area (Å²) in [5, 5.41) is 0. The lowest BCUT2D eigenvalue weighted by Crippen LogP contribution is -2.30. The average molecular weight is 857 g/mol. The first-order valence-electron chi connectivity index (χ1n) is 24.5. The fourth-order valence-electron chi connectivity index (χ4n) is 6.04. The van der Waals surface area contributed by atoms with E-state index in [9.17, 15) is 14.4 Å². The second-order valence-electron chi connectivity index (χ2n) is 15.6. The summed E-state index contributed by atoms with van der Waals surface area (Å²) in [4.78, 5) is 37.9. The third-order valence-corrected chi connectivity index (χ3v) is 9.68. The maximum absolute atomic E-state index is 12.8. The van der Waals surface area contributed by atoms with Gasteiger partial charge in [-0.25, -0.2) is 0 Å². The normalized spacial score (nSPS) is 13.1. The van der Waals surface area contributed by atoms with Gasteiger partial charge in [0.2, 0.25) is 0 Å². The molecule has 0 amide bonds. The Hall–Kier alpha value is -4.19. The van der Waals surface area contributed by atoms with Crippen molar-refractivity contribution in [3.8, 4) is 0 Å². The lowest BCUT2D eigenvalue weighted by atomic mass is 10.1. The molecule has 0 fully saturated rings. The van der Waals surface area contributed by atoms with Crippen LogP contribution in [0.25, 0.3) is 0 Å². The summed E-state index contributed by atoms with van der Waals surface area (Å²) in [5.74, 6) is -1.03. The van der Waals surface area contributed by atoms with Crippen LogP contribution in [0.5, 0.6) is 0 Å². The van der Waals surface area contributed by atoms with Gasteiger partial charge in [-0.15, -0.1) is 0 Å². The number of allylic oxidation sites excluding steroid dienone is 20. The van der Waals surface area contributed by atoms with E-state index in [1.807, 2.05) is 0 Å². The molecular formula is C56H88O6. The van der Waals surface area contributed by atoms with Gasteiger partial charge in [-0.2, -0.15) is 0 Å². The third-order valence-electron chi connectivity index (χ3n) is 9.68. The van der Waals surface area contributed by atoms with Crippen LogP contribution in [-0.2, 0) is 28.6 Å². The predicted octanol–water partition coefficient (Wildman–Crippen LogP) is 16.1. The summed E-state index contributed by atoms with van der Waals surface area (Å²) >= 11 is 0. The molecule has 0 aliphatic rings. The molecule has 0 N–H and O–H groups in total. The zero-order valence-corrected chi connectivity index (χ0v) is 39.6. The molecule has 0 bridgehead atoms. The first-order valence-corrected chi connectivity index (χ1v) is 24.5. The van der Waals surface area contributed by atoms with E-state index in [1.165, 1.54) is 19.3 Å². The summed E-state index contributed by atoms with van der Waals surface area (Å²) in [6.07, 6.45) is 67.6. The monoisotopic (exact) mass is 857 g/mol. The van der Waals surface area contributed by atoms with Gasteiger partial charge in [0.1, 0.15) is 13.2 Å². The average Bonchev–Trinajstić information content (AvgIpc) is 3.27. The first-order chi connectivity index (χ1) is 30.5. The molecule has 0 heterocycles. The van der Waals surface area contributed by atoms with Crippen LogP contribution >= 0.6 is 0 Å². The molecule has 6 nitrogen and oxygen atoms in total. The van der Waals surface area contributed by atoms with Gasteiger partial charge >= 0.3 is 17.9 Å². The molecule has 0 aromatic carbocycles. The highest BCUT2D eigenvalue weighted by Gasteiger charge is 2.19. The number of hydrogen-bond donors (Lipinski definition) is 0. The van der Waals surface area contributed by atoms with Gasteiger partial charge in [0.25, 0.3) is 0 Å². The first kappa shape index (κ1) is 57.8. The van der Waals surface area contributed by atoms with Crippen molar-refractivity contribution in [1.29, 1.82) is 0 Å². The molecule has 0 rings (SSSR count). The quantitative estimate of drug-likeness (QED) is 0.0263. The van der Waals surface area contributed by atoms with Crippen molar-refractivity contribution in [1.82, 2.24) is 0 Å². The molecular weight excluding hydrogens is 769 g/mol. The third kappa shape index (κ3) is 46.9. The summed E-state index contributed by atoms with van der Waals surface area (Å²) in [6.45, 7) is 6.25. The van der Waals surface area contributed by atoms with Gasteiger partial charge in [0, 0.05) is 19.3 Å². The van der Waals surface area contributed by atoms with E-state index in [4.69, 9.17) is 14.2 Å². The molecule has 0 aliphatic carbocycles. The van der Waals surface area contributed by atoms with Crippen LogP contribution < -0.4 is 0 Å². The van der Waals surface area contributed by atoms with Gasteiger partial charge in [-0.3, -0.25) is 14.4 Å². The van der Waals surface area contributed by atoms with Crippen molar-refractivity contribution in [2.24, 2.45) is 0 Å². The molecule has 1 unspecified atom stereocenters. The highest BCUT2D eigenvalue weighted by atomic mass is 16.6. The van der Waals surface area contributed by atoms with Crippen LogP contribution in [0.3, 0.4) is 0 Å². The molecule has 6 heteroatoms. The Balaban J connectivity index is 4.57.